The van der Waals surface area contributed by atoms with E-state index in [0.717, 1.165) is 16.5 Å². The van der Waals surface area contributed by atoms with E-state index in [0.29, 0.717) is 54.2 Å². The Morgan fingerprint density at radius 3 is 2.53 bits per heavy atom. The highest BCUT2D eigenvalue weighted by molar-refractivity contribution is 7.89. The van der Waals surface area contributed by atoms with E-state index in [4.69, 9.17) is 4.42 Å². The first-order valence-electron chi connectivity index (χ1n) is 10.5. The normalized spacial score (nSPS) is 16.2. The molecular weight excluding hydrogens is 428 g/mol. The van der Waals surface area contributed by atoms with Gasteiger partial charge in [-0.3, -0.25) is 9.58 Å². The minimum absolute atomic E-state index is 0.378. The van der Waals surface area contributed by atoms with E-state index in [2.05, 4.69) is 10.00 Å². The zero-order chi connectivity index (χ0) is 22.5. The van der Waals surface area contributed by atoms with Gasteiger partial charge >= 0.3 is 5.63 Å². The van der Waals surface area contributed by atoms with Crippen LogP contribution in [-0.2, 0) is 16.7 Å². The van der Waals surface area contributed by atoms with Crippen molar-refractivity contribution < 1.29 is 12.8 Å². The fourth-order valence-corrected chi connectivity index (χ4v) is 5.92. The summed E-state index contributed by atoms with van der Waals surface area (Å²) in [6.07, 6.45) is 1.70. The molecule has 166 valence electrons. The molecule has 0 aliphatic carbocycles. The summed E-state index contributed by atoms with van der Waals surface area (Å²) >= 11 is 0. The quantitative estimate of drug-likeness (QED) is 0.443. The first kappa shape index (κ1) is 20.9. The van der Waals surface area contributed by atoms with Crippen molar-refractivity contribution in [3.63, 3.8) is 0 Å². The second kappa shape index (κ2) is 7.84. The molecular formula is C23H24N4O4S. The molecule has 2 aromatic carbocycles. The van der Waals surface area contributed by atoms with Gasteiger partial charge in [0, 0.05) is 37.8 Å². The maximum absolute atomic E-state index is 13.1. The lowest BCUT2D eigenvalue weighted by atomic mass is 10.2. The molecule has 9 heteroatoms. The molecule has 8 nitrogen and oxygen atoms in total. The number of para-hydroxylation sites is 1. The molecule has 0 unspecified atom stereocenters. The highest BCUT2D eigenvalue weighted by Gasteiger charge is 2.30. The highest BCUT2D eigenvalue weighted by atomic mass is 32.2. The summed E-state index contributed by atoms with van der Waals surface area (Å²) in [6, 6.07) is 12.9. The lowest BCUT2D eigenvalue weighted by Gasteiger charge is -2.34. The van der Waals surface area contributed by atoms with Crippen molar-refractivity contribution in [2.24, 2.45) is 0 Å². The minimum Gasteiger partial charge on any atom is -0.422 e. The maximum Gasteiger partial charge on any atom is 0.347 e. The van der Waals surface area contributed by atoms with Gasteiger partial charge in [0.25, 0.3) is 0 Å². The summed E-state index contributed by atoms with van der Waals surface area (Å²) < 4.78 is 35.0. The minimum atomic E-state index is -3.53. The van der Waals surface area contributed by atoms with Gasteiger partial charge in [0.15, 0.2) is 0 Å². The summed E-state index contributed by atoms with van der Waals surface area (Å²) in [4.78, 5) is 14.8. The van der Waals surface area contributed by atoms with E-state index in [1.54, 1.807) is 27.3 Å². The number of hydrogen-bond acceptors (Lipinski definition) is 6. The van der Waals surface area contributed by atoms with Crippen LogP contribution < -0.4 is 5.63 Å². The fraction of sp³-hybridized carbons (Fsp3) is 0.304. The number of aryl methyl sites for hydroxylation is 2. The molecule has 1 aliphatic rings. The number of piperazine rings is 1. The van der Waals surface area contributed by atoms with Gasteiger partial charge in [0.05, 0.1) is 11.6 Å². The van der Waals surface area contributed by atoms with Gasteiger partial charge in [-0.1, -0.05) is 24.3 Å². The maximum atomic E-state index is 13.1. The van der Waals surface area contributed by atoms with E-state index in [-0.39, 0.29) is 0 Å². The predicted molar refractivity (Wildman–Crippen MR) is 122 cm³/mol. The van der Waals surface area contributed by atoms with Gasteiger partial charge in [-0.2, -0.15) is 9.40 Å². The predicted octanol–water partition coefficient (Wildman–Crippen LogP) is 2.72. The van der Waals surface area contributed by atoms with E-state index < -0.39 is 15.6 Å². The Labute approximate surface area is 185 Å². The Hall–Kier alpha value is -3.01. The van der Waals surface area contributed by atoms with Crippen LogP contribution in [0, 0.1) is 13.8 Å². The molecule has 0 atom stereocenters. The number of fused-ring (bicyclic) bond motifs is 3. The SMILES string of the molecule is Cc1ccc(C)c(S(=O)(=O)N2CCN(Cn3cc4c(=O)oc5ccccc5c4n3)CC2)c1. The van der Waals surface area contributed by atoms with Crippen molar-refractivity contribution in [3.05, 3.63) is 70.2 Å². The van der Waals surface area contributed by atoms with E-state index in [1.807, 2.05) is 44.2 Å². The van der Waals surface area contributed by atoms with E-state index >= 15 is 0 Å². The average molecular weight is 453 g/mol. The summed E-state index contributed by atoms with van der Waals surface area (Å²) in [6.45, 7) is 6.16. The molecule has 1 aliphatic heterocycles. The van der Waals surface area contributed by atoms with Crippen LogP contribution in [0.1, 0.15) is 11.1 Å². The van der Waals surface area contributed by atoms with Crippen LogP contribution in [-0.4, -0.2) is 53.6 Å². The lowest BCUT2D eigenvalue weighted by molar-refractivity contribution is 0.146. The van der Waals surface area contributed by atoms with E-state index in [9.17, 15) is 13.2 Å². The second-order valence-electron chi connectivity index (χ2n) is 8.25. The Kier molecular flexibility index (Phi) is 5.11. The van der Waals surface area contributed by atoms with Crippen LogP contribution in [0.15, 0.2) is 62.8 Å². The summed E-state index contributed by atoms with van der Waals surface area (Å²) in [5, 5.41) is 5.86. The monoisotopic (exact) mass is 452 g/mol. The summed E-state index contributed by atoms with van der Waals surface area (Å²) in [7, 11) is -3.53. The Morgan fingerprint density at radius 1 is 1.00 bits per heavy atom. The Morgan fingerprint density at radius 2 is 1.75 bits per heavy atom. The van der Waals surface area contributed by atoms with Crippen LogP contribution in [0.2, 0.25) is 0 Å². The number of sulfonamides is 1. The summed E-state index contributed by atoms with van der Waals surface area (Å²) in [5.41, 5.74) is 2.41. The molecule has 5 rings (SSSR count). The van der Waals surface area contributed by atoms with Gasteiger partial charge < -0.3 is 4.42 Å². The van der Waals surface area contributed by atoms with Crippen molar-refractivity contribution in [2.75, 3.05) is 26.2 Å². The fourth-order valence-electron chi connectivity index (χ4n) is 4.19. The molecule has 32 heavy (non-hydrogen) atoms. The Bertz CT molecular complexity index is 1480. The molecule has 0 spiro atoms. The Balaban J connectivity index is 1.34. The standard InChI is InChI=1S/C23H24N4O4S/c1-16-7-8-17(2)21(13-16)32(29,30)27-11-9-25(10-12-27)15-26-14-19-22(24-26)18-5-3-4-6-20(18)31-23(19)28/h3-8,13-14H,9-12,15H2,1-2H3. The molecule has 0 amide bonds. The average Bonchev–Trinajstić information content (AvgIpc) is 3.20. The smallest absolute Gasteiger partial charge is 0.347 e. The largest absolute Gasteiger partial charge is 0.422 e. The summed E-state index contributed by atoms with van der Waals surface area (Å²) in [5.74, 6) is 0. The molecule has 2 aromatic heterocycles. The molecule has 0 saturated carbocycles. The van der Waals surface area contributed by atoms with Crippen LogP contribution in [0.5, 0.6) is 0 Å². The van der Waals surface area contributed by atoms with Gasteiger partial charge in [0.2, 0.25) is 10.0 Å². The molecule has 3 heterocycles. The number of rotatable bonds is 4. The van der Waals surface area contributed by atoms with Crippen molar-refractivity contribution in [3.8, 4) is 0 Å². The van der Waals surface area contributed by atoms with Gasteiger partial charge in [-0.15, -0.1) is 0 Å². The third-order valence-electron chi connectivity index (χ3n) is 5.96. The zero-order valence-electron chi connectivity index (χ0n) is 18.0. The second-order valence-corrected chi connectivity index (χ2v) is 10.2. The molecule has 1 saturated heterocycles. The van der Waals surface area contributed by atoms with Gasteiger partial charge in [0.1, 0.15) is 16.5 Å². The molecule has 1 fully saturated rings. The van der Waals surface area contributed by atoms with Gasteiger partial charge in [-0.25, -0.2) is 13.2 Å². The molecule has 0 N–H and O–H groups in total. The van der Waals surface area contributed by atoms with Crippen LogP contribution >= 0.6 is 0 Å². The van der Waals surface area contributed by atoms with E-state index in [1.165, 1.54) is 0 Å². The number of nitrogens with zero attached hydrogens (tertiary/aromatic N) is 4. The van der Waals surface area contributed by atoms with Crippen LogP contribution in [0.3, 0.4) is 0 Å². The molecule has 0 bridgehead atoms. The zero-order valence-corrected chi connectivity index (χ0v) is 18.8. The van der Waals surface area contributed by atoms with Gasteiger partial charge in [-0.05, 0) is 43.2 Å². The highest BCUT2D eigenvalue weighted by Crippen LogP contribution is 2.23. The van der Waals surface area contributed by atoms with Crippen LogP contribution in [0.4, 0.5) is 0 Å². The number of hydrogen-bond donors (Lipinski definition) is 0. The third-order valence-corrected chi connectivity index (χ3v) is 8.00. The van der Waals surface area contributed by atoms with Crippen molar-refractivity contribution >= 4 is 31.9 Å². The van der Waals surface area contributed by atoms with Crippen molar-refractivity contribution in [2.45, 2.75) is 25.4 Å². The first-order chi connectivity index (χ1) is 15.3. The van der Waals surface area contributed by atoms with Crippen LogP contribution in [0.25, 0.3) is 21.9 Å². The van der Waals surface area contributed by atoms with Crippen molar-refractivity contribution in [1.82, 2.24) is 19.0 Å². The van der Waals surface area contributed by atoms with Crippen molar-refractivity contribution in [1.29, 1.82) is 0 Å². The molecule has 0 radical (unpaired) electrons. The number of benzene rings is 2. The number of aromatic nitrogens is 2. The topological polar surface area (TPSA) is 88.7 Å². The first-order valence-corrected chi connectivity index (χ1v) is 12.0. The molecule has 4 aromatic rings. The lowest BCUT2D eigenvalue weighted by Crippen LogP contribution is -2.49. The third kappa shape index (κ3) is 3.62.